The Morgan fingerprint density at radius 2 is 1.57 bits per heavy atom. The topological polar surface area (TPSA) is 73.9 Å². The number of aromatic nitrogens is 4. The molecule has 0 saturated carbocycles. The maximum absolute atomic E-state index is 5.91. The Hall–Kier alpha value is -3.71. The molecule has 0 aliphatic rings. The quantitative estimate of drug-likeness (QED) is 0.353. The third-order valence-corrected chi connectivity index (χ3v) is 5.37. The van der Waals surface area contributed by atoms with Gasteiger partial charge in [-0.15, -0.1) is 10.2 Å². The molecule has 6 nitrogen and oxygen atoms in total. The van der Waals surface area contributed by atoms with Crippen molar-refractivity contribution in [2.24, 2.45) is 0 Å². The summed E-state index contributed by atoms with van der Waals surface area (Å²) in [5, 5.41) is 10.5. The zero-order chi connectivity index (χ0) is 20.3. The van der Waals surface area contributed by atoms with E-state index in [0.717, 1.165) is 27.1 Å². The summed E-state index contributed by atoms with van der Waals surface area (Å²) < 4.78 is 11.3. The van der Waals surface area contributed by atoms with E-state index in [1.807, 2.05) is 78.9 Å². The van der Waals surface area contributed by atoms with Crippen molar-refractivity contribution in [1.29, 1.82) is 0 Å². The molecule has 2 aromatic heterocycles. The summed E-state index contributed by atoms with van der Waals surface area (Å²) in [7, 11) is 1.61. The van der Waals surface area contributed by atoms with E-state index >= 15 is 0 Å². The molecule has 0 N–H and O–H groups in total. The summed E-state index contributed by atoms with van der Waals surface area (Å²) in [5.74, 6) is 1.73. The highest BCUT2D eigenvalue weighted by Crippen LogP contribution is 2.35. The fourth-order valence-electron chi connectivity index (χ4n) is 3.11. The largest absolute Gasteiger partial charge is 0.496 e. The monoisotopic (exact) mass is 412 g/mol. The molecule has 0 unspecified atom stereocenters. The van der Waals surface area contributed by atoms with Crippen LogP contribution in [0, 0.1) is 0 Å². The molecule has 7 heteroatoms. The molecule has 3 aromatic carbocycles. The van der Waals surface area contributed by atoms with E-state index in [4.69, 9.17) is 19.1 Å². The average Bonchev–Trinajstić information content (AvgIpc) is 3.28. The molecule has 5 aromatic rings. The number of ether oxygens (including phenoxy) is 1. The highest BCUT2D eigenvalue weighted by Gasteiger charge is 2.17. The van der Waals surface area contributed by atoms with E-state index in [0.29, 0.717) is 22.7 Å². The summed E-state index contributed by atoms with van der Waals surface area (Å²) in [4.78, 5) is 9.50. The first kappa shape index (κ1) is 18.3. The maximum Gasteiger partial charge on any atom is 0.283 e. The molecule has 2 heterocycles. The van der Waals surface area contributed by atoms with Crippen molar-refractivity contribution in [1.82, 2.24) is 20.2 Å². The molecule has 0 aliphatic heterocycles. The van der Waals surface area contributed by atoms with Gasteiger partial charge in [-0.05, 0) is 30.0 Å². The minimum absolute atomic E-state index is 0.400. The Kier molecular flexibility index (Phi) is 4.86. The average molecular weight is 412 g/mol. The Balaban J connectivity index is 1.55. The summed E-state index contributed by atoms with van der Waals surface area (Å²) in [6.07, 6.45) is 0. The lowest BCUT2D eigenvalue weighted by Gasteiger charge is -2.07. The first-order valence-electron chi connectivity index (χ1n) is 9.29. The van der Waals surface area contributed by atoms with Gasteiger partial charge in [0.15, 0.2) is 5.82 Å². The molecule has 5 rings (SSSR count). The molecule has 0 spiro atoms. The molecular weight excluding hydrogens is 396 g/mol. The van der Waals surface area contributed by atoms with Crippen LogP contribution in [0.5, 0.6) is 5.75 Å². The molecule has 0 bridgehead atoms. The Morgan fingerprint density at radius 3 is 2.43 bits per heavy atom. The van der Waals surface area contributed by atoms with Crippen LogP contribution in [0.25, 0.3) is 33.7 Å². The van der Waals surface area contributed by atoms with Gasteiger partial charge < -0.3 is 9.15 Å². The van der Waals surface area contributed by atoms with Crippen molar-refractivity contribution < 1.29 is 9.15 Å². The number of benzene rings is 3. The molecule has 0 radical (unpaired) electrons. The number of hydrogen-bond donors (Lipinski definition) is 0. The predicted molar refractivity (Wildman–Crippen MR) is 115 cm³/mol. The van der Waals surface area contributed by atoms with Crippen LogP contribution in [0.4, 0.5) is 0 Å². The van der Waals surface area contributed by atoms with Crippen molar-refractivity contribution in [3.05, 3.63) is 78.9 Å². The summed E-state index contributed by atoms with van der Waals surface area (Å²) >= 11 is 1.32. The molecule has 0 atom stereocenters. The van der Waals surface area contributed by atoms with Crippen LogP contribution in [0.3, 0.4) is 0 Å². The number of nitrogens with zero attached hydrogens (tertiary/aromatic N) is 4. The predicted octanol–water partition coefficient (Wildman–Crippen LogP) is 5.51. The third kappa shape index (κ3) is 3.51. The van der Waals surface area contributed by atoms with Gasteiger partial charge in [0.2, 0.25) is 0 Å². The van der Waals surface area contributed by atoms with Gasteiger partial charge in [0, 0.05) is 10.9 Å². The highest BCUT2D eigenvalue weighted by molar-refractivity contribution is 7.99. The minimum Gasteiger partial charge on any atom is -0.496 e. The molecule has 30 heavy (non-hydrogen) atoms. The number of rotatable bonds is 5. The summed E-state index contributed by atoms with van der Waals surface area (Å²) in [6, 6.07) is 25.3. The highest BCUT2D eigenvalue weighted by atomic mass is 32.2. The Labute approximate surface area is 177 Å². The van der Waals surface area contributed by atoms with Gasteiger partial charge >= 0.3 is 0 Å². The van der Waals surface area contributed by atoms with Gasteiger partial charge in [-0.25, -0.2) is 9.97 Å². The van der Waals surface area contributed by atoms with Crippen LogP contribution in [0.15, 0.2) is 93.5 Å². The second-order valence-electron chi connectivity index (χ2n) is 6.41. The van der Waals surface area contributed by atoms with E-state index in [1.54, 1.807) is 7.11 Å². The lowest BCUT2D eigenvalue weighted by atomic mass is 10.2. The molecule has 0 fully saturated rings. The third-order valence-electron chi connectivity index (χ3n) is 4.53. The van der Waals surface area contributed by atoms with Crippen LogP contribution in [-0.4, -0.2) is 27.3 Å². The zero-order valence-corrected chi connectivity index (χ0v) is 16.8. The van der Waals surface area contributed by atoms with E-state index in [1.165, 1.54) is 11.8 Å². The van der Waals surface area contributed by atoms with Crippen LogP contribution < -0.4 is 4.74 Å². The van der Waals surface area contributed by atoms with Crippen LogP contribution in [0.1, 0.15) is 0 Å². The molecule has 146 valence electrons. The van der Waals surface area contributed by atoms with Crippen molar-refractivity contribution in [3.8, 4) is 28.6 Å². The van der Waals surface area contributed by atoms with Crippen LogP contribution >= 0.6 is 11.8 Å². The SMILES string of the molecule is COc1ccccc1-c1nnc(Sc2nc(-c3ccccc3)nc3ccccc23)o1. The lowest BCUT2D eigenvalue weighted by molar-refractivity contribution is 0.411. The fraction of sp³-hybridized carbons (Fsp3) is 0.0435. The van der Waals surface area contributed by atoms with Gasteiger partial charge in [0.1, 0.15) is 10.8 Å². The Bertz CT molecular complexity index is 1320. The molecule has 0 amide bonds. The van der Waals surface area contributed by atoms with Crippen molar-refractivity contribution in [2.45, 2.75) is 10.2 Å². The number of hydrogen-bond acceptors (Lipinski definition) is 7. The van der Waals surface area contributed by atoms with Crippen LogP contribution in [-0.2, 0) is 0 Å². The summed E-state index contributed by atoms with van der Waals surface area (Å²) in [6.45, 7) is 0. The second-order valence-corrected chi connectivity index (χ2v) is 7.35. The number of methoxy groups -OCH3 is 1. The number of fused-ring (bicyclic) bond motifs is 1. The van der Waals surface area contributed by atoms with E-state index < -0.39 is 0 Å². The Morgan fingerprint density at radius 1 is 0.800 bits per heavy atom. The normalized spacial score (nSPS) is 11.0. The van der Waals surface area contributed by atoms with Crippen molar-refractivity contribution >= 4 is 22.7 Å². The maximum atomic E-state index is 5.91. The first-order chi connectivity index (χ1) is 14.8. The van der Waals surface area contributed by atoms with Gasteiger partial charge in [0.25, 0.3) is 11.1 Å². The van der Waals surface area contributed by atoms with Gasteiger partial charge in [-0.3, -0.25) is 0 Å². The van der Waals surface area contributed by atoms with E-state index in [2.05, 4.69) is 10.2 Å². The minimum atomic E-state index is 0.400. The smallest absolute Gasteiger partial charge is 0.283 e. The fourth-order valence-corrected chi connectivity index (χ4v) is 3.89. The van der Waals surface area contributed by atoms with Crippen LogP contribution in [0.2, 0.25) is 0 Å². The van der Waals surface area contributed by atoms with Crippen molar-refractivity contribution in [3.63, 3.8) is 0 Å². The lowest BCUT2D eigenvalue weighted by Crippen LogP contribution is -1.93. The second kappa shape index (κ2) is 7.96. The zero-order valence-electron chi connectivity index (χ0n) is 16.0. The molecule has 0 saturated heterocycles. The van der Waals surface area contributed by atoms with Crippen molar-refractivity contribution in [2.75, 3.05) is 7.11 Å². The first-order valence-corrected chi connectivity index (χ1v) is 10.1. The van der Waals surface area contributed by atoms with E-state index in [-0.39, 0.29) is 0 Å². The molecular formula is C23H16N4O2S. The van der Waals surface area contributed by atoms with Gasteiger partial charge in [-0.2, -0.15) is 0 Å². The number of para-hydroxylation sites is 2. The summed E-state index contributed by atoms with van der Waals surface area (Å²) in [5.41, 5.74) is 2.56. The van der Waals surface area contributed by atoms with E-state index in [9.17, 15) is 0 Å². The van der Waals surface area contributed by atoms with Gasteiger partial charge in [-0.1, -0.05) is 60.7 Å². The standard InChI is InChI=1S/C23H16N4O2S/c1-28-19-14-8-6-12-17(19)21-26-27-23(29-21)30-22-16-11-5-7-13-18(16)24-20(25-22)15-9-3-2-4-10-15/h2-14H,1H3. The molecule has 0 aliphatic carbocycles. The van der Waals surface area contributed by atoms with Gasteiger partial charge in [0.05, 0.1) is 18.2 Å².